The smallest absolute Gasteiger partial charge is 0.307 e. The lowest BCUT2D eigenvalue weighted by atomic mass is 10.2. The van der Waals surface area contributed by atoms with E-state index < -0.39 is 0 Å². The third kappa shape index (κ3) is 8.39. The fraction of sp³-hybridized carbons (Fsp3) is 0.909. The minimum atomic E-state index is -0.151. The largest absolute Gasteiger partial charge is 0.466 e. The van der Waals surface area contributed by atoms with Gasteiger partial charge in [0.1, 0.15) is 0 Å². The molecule has 0 aliphatic carbocycles. The van der Waals surface area contributed by atoms with E-state index in [0.717, 1.165) is 13.2 Å². The first-order valence-electron chi connectivity index (χ1n) is 5.60. The number of rotatable bonds is 8. The van der Waals surface area contributed by atoms with Gasteiger partial charge in [-0.15, -0.1) is 0 Å². The highest BCUT2D eigenvalue weighted by Gasteiger charge is 2.10. The van der Waals surface area contributed by atoms with Crippen LogP contribution in [-0.2, 0) is 14.3 Å². The second-order valence-electron chi connectivity index (χ2n) is 3.58. The van der Waals surface area contributed by atoms with Crippen LogP contribution in [0, 0.1) is 0 Å². The quantitative estimate of drug-likeness (QED) is 0.623. The molecular formula is C11H23NO3. The molecule has 0 aromatic heterocycles. The predicted octanol–water partition coefficient (Wildman–Crippen LogP) is 1.34. The Bertz CT molecular complexity index is 173. The van der Waals surface area contributed by atoms with Gasteiger partial charge in [0, 0.05) is 19.2 Å². The summed E-state index contributed by atoms with van der Waals surface area (Å²) in [5, 5.41) is 3.23. The molecule has 0 fully saturated rings. The van der Waals surface area contributed by atoms with E-state index in [9.17, 15) is 4.79 Å². The van der Waals surface area contributed by atoms with Crippen LogP contribution in [0.3, 0.4) is 0 Å². The third-order valence-electron chi connectivity index (χ3n) is 1.98. The summed E-state index contributed by atoms with van der Waals surface area (Å²) in [6.07, 6.45) is 0.590. The second-order valence-corrected chi connectivity index (χ2v) is 3.58. The van der Waals surface area contributed by atoms with Crippen molar-refractivity contribution in [2.45, 2.75) is 46.3 Å². The molecule has 4 heteroatoms. The highest BCUT2D eigenvalue weighted by atomic mass is 16.5. The lowest BCUT2D eigenvalue weighted by molar-refractivity contribution is -0.143. The number of hydrogen-bond acceptors (Lipinski definition) is 4. The van der Waals surface area contributed by atoms with E-state index in [1.54, 1.807) is 0 Å². The van der Waals surface area contributed by atoms with Crippen molar-refractivity contribution in [2.75, 3.05) is 19.8 Å². The van der Waals surface area contributed by atoms with Crippen molar-refractivity contribution < 1.29 is 14.3 Å². The molecule has 1 N–H and O–H groups in total. The number of carbonyl (C=O) groups is 1. The van der Waals surface area contributed by atoms with Crippen molar-refractivity contribution in [3.8, 4) is 0 Å². The van der Waals surface area contributed by atoms with Crippen molar-refractivity contribution in [1.82, 2.24) is 5.32 Å². The van der Waals surface area contributed by atoms with Gasteiger partial charge in [0.25, 0.3) is 0 Å². The average Bonchev–Trinajstić information content (AvgIpc) is 2.15. The van der Waals surface area contributed by atoms with E-state index in [0.29, 0.717) is 13.0 Å². The molecule has 0 amide bonds. The second kappa shape index (κ2) is 8.68. The fourth-order valence-corrected chi connectivity index (χ4v) is 1.25. The van der Waals surface area contributed by atoms with Crippen LogP contribution < -0.4 is 5.32 Å². The van der Waals surface area contributed by atoms with Gasteiger partial charge < -0.3 is 14.8 Å². The fourth-order valence-electron chi connectivity index (χ4n) is 1.25. The van der Waals surface area contributed by atoms with Crippen LogP contribution in [0.5, 0.6) is 0 Å². The van der Waals surface area contributed by atoms with E-state index >= 15 is 0 Å². The molecule has 2 unspecified atom stereocenters. The summed E-state index contributed by atoms with van der Waals surface area (Å²) in [6.45, 7) is 9.68. The molecule has 0 aliphatic heterocycles. The maximum absolute atomic E-state index is 11.1. The number of nitrogens with one attached hydrogen (secondary N) is 1. The normalized spacial score (nSPS) is 14.7. The standard InChI is InChI=1S/C11H23NO3/c1-5-14-10(4)8-12-9(3)7-11(13)15-6-2/h9-10,12H,5-8H2,1-4H3. The van der Waals surface area contributed by atoms with Gasteiger partial charge in [0.2, 0.25) is 0 Å². The average molecular weight is 217 g/mol. The Balaban J connectivity index is 3.56. The number of hydrogen-bond donors (Lipinski definition) is 1. The number of carbonyl (C=O) groups excluding carboxylic acids is 1. The first-order valence-corrected chi connectivity index (χ1v) is 5.60. The molecule has 2 atom stereocenters. The Hall–Kier alpha value is -0.610. The minimum Gasteiger partial charge on any atom is -0.466 e. The van der Waals surface area contributed by atoms with Crippen LogP contribution in [0.2, 0.25) is 0 Å². The maximum atomic E-state index is 11.1. The van der Waals surface area contributed by atoms with E-state index in [4.69, 9.17) is 9.47 Å². The Labute approximate surface area is 92.3 Å². The predicted molar refractivity (Wildman–Crippen MR) is 59.8 cm³/mol. The Morgan fingerprint density at radius 2 is 1.93 bits per heavy atom. The van der Waals surface area contributed by atoms with Crippen LogP contribution in [0.15, 0.2) is 0 Å². The molecule has 0 aromatic carbocycles. The van der Waals surface area contributed by atoms with Gasteiger partial charge in [-0.25, -0.2) is 0 Å². The number of ether oxygens (including phenoxy) is 2. The summed E-state index contributed by atoms with van der Waals surface area (Å²) >= 11 is 0. The van der Waals surface area contributed by atoms with E-state index in [2.05, 4.69) is 5.32 Å². The van der Waals surface area contributed by atoms with Crippen LogP contribution >= 0.6 is 0 Å². The Kier molecular flexibility index (Phi) is 8.33. The van der Waals surface area contributed by atoms with Gasteiger partial charge in [-0.3, -0.25) is 4.79 Å². The maximum Gasteiger partial charge on any atom is 0.307 e. The van der Waals surface area contributed by atoms with Crippen molar-refractivity contribution in [2.24, 2.45) is 0 Å². The summed E-state index contributed by atoms with van der Waals surface area (Å²) < 4.78 is 10.2. The summed E-state index contributed by atoms with van der Waals surface area (Å²) in [6, 6.07) is 0.131. The van der Waals surface area contributed by atoms with Crippen molar-refractivity contribution in [3.63, 3.8) is 0 Å². The molecule has 0 rings (SSSR count). The molecule has 0 spiro atoms. The van der Waals surface area contributed by atoms with Gasteiger partial charge in [-0.1, -0.05) is 0 Å². The van der Waals surface area contributed by atoms with E-state index in [1.165, 1.54) is 0 Å². The van der Waals surface area contributed by atoms with Gasteiger partial charge in [-0.05, 0) is 27.7 Å². The first kappa shape index (κ1) is 14.4. The van der Waals surface area contributed by atoms with Crippen LogP contribution in [-0.4, -0.2) is 37.9 Å². The first-order chi connectivity index (χ1) is 7.10. The lowest BCUT2D eigenvalue weighted by Crippen LogP contribution is -2.35. The van der Waals surface area contributed by atoms with Gasteiger partial charge >= 0.3 is 5.97 Å². The Morgan fingerprint density at radius 1 is 1.27 bits per heavy atom. The molecule has 0 bridgehead atoms. The van der Waals surface area contributed by atoms with Crippen LogP contribution in [0.25, 0.3) is 0 Å². The van der Waals surface area contributed by atoms with E-state index in [-0.39, 0.29) is 18.1 Å². The SMILES string of the molecule is CCOC(=O)CC(C)NCC(C)OCC. The van der Waals surface area contributed by atoms with Crippen LogP contribution in [0.4, 0.5) is 0 Å². The molecule has 0 heterocycles. The zero-order valence-electron chi connectivity index (χ0n) is 10.2. The Morgan fingerprint density at radius 3 is 2.47 bits per heavy atom. The van der Waals surface area contributed by atoms with Gasteiger partial charge in [0.05, 0.1) is 19.1 Å². The molecular weight excluding hydrogens is 194 g/mol. The lowest BCUT2D eigenvalue weighted by Gasteiger charge is -2.17. The summed E-state index contributed by atoms with van der Waals surface area (Å²) in [7, 11) is 0. The summed E-state index contributed by atoms with van der Waals surface area (Å²) in [5.41, 5.74) is 0. The third-order valence-corrected chi connectivity index (χ3v) is 1.98. The highest BCUT2D eigenvalue weighted by Crippen LogP contribution is 1.95. The topological polar surface area (TPSA) is 47.6 Å². The molecule has 0 saturated carbocycles. The zero-order valence-corrected chi connectivity index (χ0v) is 10.2. The monoisotopic (exact) mass is 217 g/mol. The minimum absolute atomic E-state index is 0.131. The van der Waals surface area contributed by atoms with E-state index in [1.807, 2.05) is 27.7 Å². The summed E-state index contributed by atoms with van der Waals surface area (Å²) in [5.74, 6) is -0.151. The number of esters is 1. The van der Waals surface area contributed by atoms with Crippen molar-refractivity contribution in [1.29, 1.82) is 0 Å². The van der Waals surface area contributed by atoms with Gasteiger partial charge in [0.15, 0.2) is 0 Å². The summed E-state index contributed by atoms with van der Waals surface area (Å²) in [4.78, 5) is 11.1. The van der Waals surface area contributed by atoms with Crippen molar-refractivity contribution >= 4 is 5.97 Å². The molecule has 0 aromatic rings. The molecule has 0 aliphatic rings. The van der Waals surface area contributed by atoms with Crippen LogP contribution in [0.1, 0.15) is 34.1 Å². The highest BCUT2D eigenvalue weighted by molar-refractivity contribution is 5.69. The molecule has 0 radical (unpaired) electrons. The molecule has 0 saturated heterocycles. The molecule has 4 nitrogen and oxygen atoms in total. The molecule has 90 valence electrons. The van der Waals surface area contributed by atoms with Crippen molar-refractivity contribution in [3.05, 3.63) is 0 Å². The molecule has 15 heavy (non-hydrogen) atoms. The van der Waals surface area contributed by atoms with Gasteiger partial charge in [-0.2, -0.15) is 0 Å². The zero-order chi connectivity index (χ0) is 11.7.